The summed E-state index contributed by atoms with van der Waals surface area (Å²) in [6.45, 7) is 3.58. The predicted octanol–water partition coefficient (Wildman–Crippen LogP) is 2.85. The predicted molar refractivity (Wildman–Crippen MR) is 70.4 cm³/mol. The number of nitrogens with zero attached hydrogens (tertiary/aromatic N) is 2. The van der Waals surface area contributed by atoms with Gasteiger partial charge in [0.2, 0.25) is 5.89 Å². The molecular formula is C13H16N2O2S. The molecule has 18 heavy (non-hydrogen) atoms. The van der Waals surface area contributed by atoms with E-state index >= 15 is 0 Å². The summed E-state index contributed by atoms with van der Waals surface area (Å²) in [5, 5.41) is 13.4. The molecule has 1 N–H and O–H groups in total. The summed E-state index contributed by atoms with van der Waals surface area (Å²) >= 11 is 1.66. The number of aliphatic hydroxyl groups excluding tert-OH is 1. The first kappa shape index (κ1) is 13.1. The summed E-state index contributed by atoms with van der Waals surface area (Å²) < 4.78 is 5.14. The van der Waals surface area contributed by atoms with Crippen molar-refractivity contribution < 1.29 is 9.63 Å². The fourth-order valence-electron chi connectivity index (χ4n) is 1.38. The molecule has 0 saturated carbocycles. The number of hydrogen-bond donors (Lipinski definition) is 1. The van der Waals surface area contributed by atoms with E-state index in [9.17, 15) is 5.11 Å². The molecular weight excluding hydrogens is 248 g/mol. The molecule has 2 atom stereocenters. The van der Waals surface area contributed by atoms with E-state index in [4.69, 9.17) is 4.52 Å². The lowest BCUT2D eigenvalue weighted by atomic mass is 10.1. The van der Waals surface area contributed by atoms with Crippen LogP contribution in [0.1, 0.15) is 31.5 Å². The van der Waals surface area contributed by atoms with Crippen molar-refractivity contribution in [3.8, 4) is 0 Å². The zero-order valence-electron chi connectivity index (χ0n) is 10.4. The van der Waals surface area contributed by atoms with Crippen LogP contribution in [0.3, 0.4) is 0 Å². The van der Waals surface area contributed by atoms with Crippen LogP contribution in [0.2, 0.25) is 0 Å². The zero-order chi connectivity index (χ0) is 13.0. The summed E-state index contributed by atoms with van der Waals surface area (Å²) in [7, 11) is 0. The van der Waals surface area contributed by atoms with E-state index in [0.717, 1.165) is 0 Å². The van der Waals surface area contributed by atoms with Gasteiger partial charge < -0.3 is 9.63 Å². The van der Waals surface area contributed by atoms with Crippen LogP contribution in [0.15, 0.2) is 39.8 Å². The van der Waals surface area contributed by atoms with E-state index in [-0.39, 0.29) is 5.92 Å². The number of aliphatic hydroxyl groups is 1. The van der Waals surface area contributed by atoms with Crippen molar-refractivity contribution in [2.24, 2.45) is 0 Å². The Kier molecular flexibility index (Phi) is 4.38. The van der Waals surface area contributed by atoms with Gasteiger partial charge in [-0.3, -0.25) is 0 Å². The van der Waals surface area contributed by atoms with Crippen LogP contribution in [0, 0.1) is 0 Å². The van der Waals surface area contributed by atoms with Gasteiger partial charge in [-0.05, 0) is 19.1 Å². The molecule has 2 unspecified atom stereocenters. The molecule has 4 nitrogen and oxygen atoms in total. The molecule has 96 valence electrons. The Bertz CT molecular complexity index is 485. The Balaban J connectivity index is 1.95. The first-order chi connectivity index (χ1) is 8.66. The van der Waals surface area contributed by atoms with Gasteiger partial charge in [-0.25, -0.2) is 0 Å². The van der Waals surface area contributed by atoms with Crippen LogP contribution in [0.25, 0.3) is 0 Å². The number of benzene rings is 1. The fourth-order valence-corrected chi connectivity index (χ4v) is 2.14. The van der Waals surface area contributed by atoms with Gasteiger partial charge >= 0.3 is 0 Å². The van der Waals surface area contributed by atoms with Crippen molar-refractivity contribution >= 4 is 11.8 Å². The van der Waals surface area contributed by atoms with Crippen LogP contribution >= 0.6 is 11.8 Å². The maximum atomic E-state index is 9.46. The lowest BCUT2D eigenvalue weighted by molar-refractivity contribution is 0.151. The van der Waals surface area contributed by atoms with Gasteiger partial charge in [-0.15, -0.1) is 11.8 Å². The quantitative estimate of drug-likeness (QED) is 0.841. The fraction of sp³-hybridized carbons (Fsp3) is 0.385. The van der Waals surface area contributed by atoms with Gasteiger partial charge in [0.15, 0.2) is 5.82 Å². The van der Waals surface area contributed by atoms with Crippen molar-refractivity contribution in [3.63, 3.8) is 0 Å². The molecule has 2 aromatic rings. The number of hydrogen-bond acceptors (Lipinski definition) is 5. The highest BCUT2D eigenvalue weighted by Gasteiger charge is 2.18. The minimum Gasteiger partial charge on any atom is -0.393 e. The van der Waals surface area contributed by atoms with Gasteiger partial charge in [-0.2, -0.15) is 4.98 Å². The SMILES string of the molecule is CC(O)C(C)c1nc(CSc2ccccc2)no1. The lowest BCUT2D eigenvalue weighted by Crippen LogP contribution is -2.11. The minimum atomic E-state index is -0.486. The molecule has 0 amide bonds. The second-order valence-electron chi connectivity index (χ2n) is 4.18. The smallest absolute Gasteiger partial charge is 0.232 e. The molecule has 0 spiro atoms. The highest BCUT2D eigenvalue weighted by atomic mass is 32.2. The Labute approximate surface area is 110 Å². The monoisotopic (exact) mass is 264 g/mol. The molecule has 0 radical (unpaired) electrons. The largest absolute Gasteiger partial charge is 0.393 e. The molecule has 0 fully saturated rings. The molecule has 0 bridgehead atoms. The van der Waals surface area contributed by atoms with Crippen LogP contribution in [-0.4, -0.2) is 21.4 Å². The van der Waals surface area contributed by atoms with Crippen LogP contribution < -0.4 is 0 Å². The van der Waals surface area contributed by atoms with Crippen LogP contribution in [0.5, 0.6) is 0 Å². The molecule has 0 aliphatic carbocycles. The number of thioether (sulfide) groups is 1. The van der Waals surface area contributed by atoms with E-state index in [1.807, 2.05) is 37.3 Å². The zero-order valence-corrected chi connectivity index (χ0v) is 11.2. The van der Waals surface area contributed by atoms with Crippen molar-refractivity contribution in [2.45, 2.75) is 36.5 Å². The van der Waals surface area contributed by atoms with E-state index < -0.39 is 6.10 Å². The van der Waals surface area contributed by atoms with Gasteiger partial charge in [-0.1, -0.05) is 30.3 Å². The highest BCUT2D eigenvalue weighted by molar-refractivity contribution is 7.98. The maximum Gasteiger partial charge on any atom is 0.232 e. The third-order valence-corrected chi connectivity index (χ3v) is 3.72. The molecule has 1 aromatic heterocycles. The Morgan fingerprint density at radius 3 is 2.67 bits per heavy atom. The molecule has 1 heterocycles. The summed E-state index contributed by atoms with van der Waals surface area (Å²) in [5.74, 6) is 1.69. The minimum absolute atomic E-state index is 0.132. The third kappa shape index (κ3) is 3.34. The molecule has 2 rings (SSSR count). The summed E-state index contributed by atoms with van der Waals surface area (Å²) in [5.41, 5.74) is 0. The van der Waals surface area contributed by atoms with E-state index in [1.54, 1.807) is 18.7 Å². The summed E-state index contributed by atoms with van der Waals surface area (Å²) in [4.78, 5) is 5.46. The van der Waals surface area contributed by atoms with Crippen molar-refractivity contribution in [1.29, 1.82) is 0 Å². The topological polar surface area (TPSA) is 59.2 Å². The van der Waals surface area contributed by atoms with Crippen LogP contribution in [-0.2, 0) is 5.75 Å². The second-order valence-corrected chi connectivity index (χ2v) is 5.23. The Hall–Kier alpha value is -1.33. The van der Waals surface area contributed by atoms with Crippen molar-refractivity contribution in [1.82, 2.24) is 10.1 Å². The number of aromatic nitrogens is 2. The second kappa shape index (κ2) is 6.02. The molecule has 0 aliphatic rings. The average Bonchev–Trinajstić information content (AvgIpc) is 2.85. The highest BCUT2D eigenvalue weighted by Crippen LogP contribution is 2.22. The molecule has 0 saturated heterocycles. The van der Waals surface area contributed by atoms with Gasteiger partial charge in [0.05, 0.1) is 17.8 Å². The standard InChI is InChI=1S/C13H16N2O2S/c1-9(10(2)16)13-14-12(15-17-13)8-18-11-6-4-3-5-7-11/h3-7,9-10,16H,8H2,1-2H3. The normalized spacial score (nSPS) is 14.4. The first-order valence-electron chi connectivity index (χ1n) is 5.85. The summed E-state index contributed by atoms with van der Waals surface area (Å²) in [6.07, 6.45) is -0.486. The van der Waals surface area contributed by atoms with Crippen molar-refractivity contribution in [3.05, 3.63) is 42.0 Å². The van der Waals surface area contributed by atoms with E-state index in [0.29, 0.717) is 17.5 Å². The van der Waals surface area contributed by atoms with Gasteiger partial charge in [0.25, 0.3) is 0 Å². The van der Waals surface area contributed by atoms with E-state index in [1.165, 1.54) is 4.90 Å². The maximum absolute atomic E-state index is 9.46. The summed E-state index contributed by atoms with van der Waals surface area (Å²) in [6, 6.07) is 10.1. The van der Waals surface area contributed by atoms with Crippen LogP contribution in [0.4, 0.5) is 0 Å². The molecule has 5 heteroatoms. The molecule has 0 aliphatic heterocycles. The Morgan fingerprint density at radius 1 is 1.28 bits per heavy atom. The first-order valence-corrected chi connectivity index (χ1v) is 6.84. The molecule has 1 aromatic carbocycles. The van der Waals surface area contributed by atoms with Crippen molar-refractivity contribution in [2.75, 3.05) is 0 Å². The third-order valence-electron chi connectivity index (χ3n) is 2.71. The van der Waals surface area contributed by atoms with Gasteiger partial charge in [0, 0.05) is 4.90 Å². The lowest BCUT2D eigenvalue weighted by Gasteiger charge is -2.07. The average molecular weight is 264 g/mol. The Morgan fingerprint density at radius 2 is 2.00 bits per heavy atom. The number of rotatable bonds is 5. The van der Waals surface area contributed by atoms with E-state index in [2.05, 4.69) is 10.1 Å². The van der Waals surface area contributed by atoms with Gasteiger partial charge in [0.1, 0.15) is 0 Å².